The summed E-state index contributed by atoms with van der Waals surface area (Å²) in [5.74, 6) is -0.0192. The number of aliphatic hydroxyl groups is 1. The number of hydrogen-bond acceptors (Lipinski definition) is 6. The van der Waals surface area contributed by atoms with Crippen LogP contribution in [0.2, 0.25) is 0 Å². The van der Waals surface area contributed by atoms with Gasteiger partial charge in [-0.1, -0.05) is 162 Å². The number of hydrogen-bond donors (Lipinski definition) is 1. The third-order valence-electron chi connectivity index (χ3n) is 11.1. The van der Waals surface area contributed by atoms with Crippen molar-refractivity contribution in [3.63, 3.8) is 0 Å². The lowest BCUT2D eigenvalue weighted by Crippen LogP contribution is -2.31. The van der Waals surface area contributed by atoms with Gasteiger partial charge >= 0.3 is 11.9 Å². The Bertz CT molecular complexity index is 771. The van der Waals surface area contributed by atoms with Crippen molar-refractivity contribution in [2.24, 2.45) is 5.41 Å². The predicted octanol–water partition coefficient (Wildman–Crippen LogP) is 13.7. The van der Waals surface area contributed by atoms with Gasteiger partial charge in [-0.3, -0.25) is 9.59 Å². The zero-order valence-electron chi connectivity index (χ0n) is 36.5. The molecule has 0 rings (SSSR count). The van der Waals surface area contributed by atoms with Crippen molar-refractivity contribution < 1.29 is 24.2 Å². The van der Waals surface area contributed by atoms with Gasteiger partial charge in [-0.15, -0.1) is 0 Å². The fourth-order valence-electron chi connectivity index (χ4n) is 7.32. The molecule has 316 valence electrons. The quantitative estimate of drug-likeness (QED) is 0.0494. The zero-order chi connectivity index (χ0) is 39.1. The highest BCUT2D eigenvalue weighted by atomic mass is 16.5. The summed E-state index contributed by atoms with van der Waals surface area (Å²) < 4.78 is 11.7. The van der Waals surface area contributed by atoms with Crippen molar-refractivity contribution in [1.82, 2.24) is 4.90 Å². The van der Waals surface area contributed by atoms with Crippen molar-refractivity contribution in [1.29, 1.82) is 0 Å². The minimum absolute atomic E-state index is 0.00776. The van der Waals surface area contributed by atoms with Crippen LogP contribution in [0.25, 0.3) is 0 Å². The number of rotatable bonds is 42. The summed E-state index contributed by atoms with van der Waals surface area (Å²) in [7, 11) is 0. The van der Waals surface area contributed by atoms with Crippen LogP contribution in [-0.4, -0.2) is 60.9 Å². The van der Waals surface area contributed by atoms with E-state index in [1.54, 1.807) is 0 Å². The van der Waals surface area contributed by atoms with E-state index >= 15 is 0 Å². The SMILES string of the molecule is CCCCCCCCCOC(=O)CCCCCCCN(CCCO)CCCCCCC(C)(C)C(=O)OC(CCCCCCCC)CCCCCCCC. The lowest BCUT2D eigenvalue weighted by Gasteiger charge is -2.27. The van der Waals surface area contributed by atoms with Crippen LogP contribution in [0.4, 0.5) is 0 Å². The lowest BCUT2D eigenvalue weighted by atomic mass is 9.86. The van der Waals surface area contributed by atoms with Crippen LogP contribution in [0, 0.1) is 5.41 Å². The van der Waals surface area contributed by atoms with Crippen molar-refractivity contribution in [2.75, 3.05) is 32.8 Å². The Kier molecular flexibility index (Phi) is 38.3. The third-order valence-corrected chi connectivity index (χ3v) is 11.1. The maximum Gasteiger partial charge on any atom is 0.311 e. The fourth-order valence-corrected chi connectivity index (χ4v) is 7.32. The normalized spacial score (nSPS) is 11.9. The zero-order valence-corrected chi connectivity index (χ0v) is 36.5. The van der Waals surface area contributed by atoms with E-state index in [4.69, 9.17) is 9.47 Å². The average molecular weight is 752 g/mol. The standard InChI is InChI=1S/C47H93NO5/c1-6-9-12-15-18-26-33-43-52-45(50)37-29-22-19-24-31-39-48(41-34-42-49)40-32-25-23-30-38-47(4,5)46(51)53-44(35-27-20-16-13-10-7-2)36-28-21-17-14-11-8-3/h44,49H,6-43H2,1-5H3. The van der Waals surface area contributed by atoms with Gasteiger partial charge in [0.2, 0.25) is 0 Å². The van der Waals surface area contributed by atoms with Crippen molar-refractivity contribution in [2.45, 2.75) is 253 Å². The molecule has 0 aromatic rings. The first-order valence-corrected chi connectivity index (χ1v) is 23.5. The van der Waals surface area contributed by atoms with E-state index in [-0.39, 0.29) is 24.6 Å². The van der Waals surface area contributed by atoms with Crippen LogP contribution >= 0.6 is 0 Å². The van der Waals surface area contributed by atoms with Gasteiger partial charge in [-0.25, -0.2) is 0 Å². The molecule has 0 aliphatic carbocycles. The van der Waals surface area contributed by atoms with Crippen LogP contribution in [-0.2, 0) is 19.1 Å². The van der Waals surface area contributed by atoms with Crippen LogP contribution < -0.4 is 0 Å². The van der Waals surface area contributed by atoms with Gasteiger partial charge in [0, 0.05) is 19.6 Å². The summed E-state index contributed by atoms with van der Waals surface area (Å²) in [4.78, 5) is 27.9. The van der Waals surface area contributed by atoms with Gasteiger partial charge in [-0.2, -0.15) is 0 Å². The molecule has 0 bridgehead atoms. The Morgan fingerprint density at radius 3 is 1.45 bits per heavy atom. The molecular weight excluding hydrogens is 659 g/mol. The molecule has 0 saturated heterocycles. The second-order valence-corrected chi connectivity index (χ2v) is 17.0. The Balaban J connectivity index is 4.26. The second-order valence-electron chi connectivity index (χ2n) is 17.0. The molecular formula is C47H93NO5. The molecule has 53 heavy (non-hydrogen) atoms. The van der Waals surface area contributed by atoms with E-state index in [1.807, 2.05) is 0 Å². The number of unbranched alkanes of at least 4 members (excludes halogenated alkanes) is 23. The van der Waals surface area contributed by atoms with E-state index in [1.165, 1.54) is 135 Å². The highest BCUT2D eigenvalue weighted by molar-refractivity contribution is 5.76. The second kappa shape index (κ2) is 39.1. The maximum atomic E-state index is 13.4. The number of esters is 2. The van der Waals surface area contributed by atoms with E-state index in [0.29, 0.717) is 13.0 Å². The largest absolute Gasteiger partial charge is 0.466 e. The third kappa shape index (κ3) is 35.0. The first-order valence-electron chi connectivity index (χ1n) is 23.5. The monoisotopic (exact) mass is 752 g/mol. The highest BCUT2D eigenvalue weighted by Crippen LogP contribution is 2.28. The Morgan fingerprint density at radius 2 is 0.943 bits per heavy atom. The van der Waals surface area contributed by atoms with E-state index in [9.17, 15) is 14.7 Å². The molecule has 0 aliphatic rings. The van der Waals surface area contributed by atoms with Gasteiger partial charge < -0.3 is 19.5 Å². The highest BCUT2D eigenvalue weighted by Gasteiger charge is 2.30. The summed E-state index contributed by atoms with van der Waals surface area (Å²) in [6, 6.07) is 0. The minimum atomic E-state index is -0.429. The molecule has 0 aliphatic heterocycles. The van der Waals surface area contributed by atoms with Crippen molar-refractivity contribution in [3.8, 4) is 0 Å². The topological polar surface area (TPSA) is 76.1 Å². The number of nitrogens with zero attached hydrogens (tertiary/aromatic N) is 1. The smallest absolute Gasteiger partial charge is 0.311 e. The first kappa shape index (κ1) is 51.9. The summed E-state index contributed by atoms with van der Waals surface area (Å²) in [5, 5.41) is 9.43. The molecule has 0 aromatic heterocycles. The van der Waals surface area contributed by atoms with E-state index in [0.717, 1.165) is 90.3 Å². The molecule has 0 radical (unpaired) electrons. The number of carbonyl (C=O) groups excluding carboxylic acids is 2. The van der Waals surface area contributed by atoms with Crippen LogP contribution in [0.5, 0.6) is 0 Å². The average Bonchev–Trinajstić information content (AvgIpc) is 3.14. The van der Waals surface area contributed by atoms with Gasteiger partial charge in [0.1, 0.15) is 6.10 Å². The number of aliphatic hydroxyl groups excluding tert-OH is 1. The Morgan fingerprint density at radius 1 is 0.528 bits per heavy atom. The molecule has 6 nitrogen and oxygen atoms in total. The van der Waals surface area contributed by atoms with Gasteiger partial charge in [0.05, 0.1) is 12.0 Å². The molecule has 0 unspecified atom stereocenters. The Hall–Kier alpha value is -1.14. The molecule has 0 amide bonds. The molecule has 0 fully saturated rings. The van der Waals surface area contributed by atoms with Crippen molar-refractivity contribution >= 4 is 11.9 Å². The van der Waals surface area contributed by atoms with Gasteiger partial charge in [0.15, 0.2) is 0 Å². The Labute approximate surface area is 331 Å². The summed E-state index contributed by atoms with van der Waals surface area (Å²) in [5.41, 5.74) is -0.429. The molecule has 1 N–H and O–H groups in total. The number of carbonyl (C=O) groups is 2. The van der Waals surface area contributed by atoms with Gasteiger partial charge in [-0.05, 0) is 91.1 Å². The summed E-state index contributed by atoms with van der Waals surface area (Å²) >= 11 is 0. The molecule has 0 spiro atoms. The van der Waals surface area contributed by atoms with Crippen LogP contribution in [0.3, 0.4) is 0 Å². The molecule has 6 heteroatoms. The first-order chi connectivity index (χ1) is 25.8. The van der Waals surface area contributed by atoms with Crippen molar-refractivity contribution in [3.05, 3.63) is 0 Å². The molecule has 0 atom stereocenters. The van der Waals surface area contributed by atoms with Crippen LogP contribution in [0.15, 0.2) is 0 Å². The van der Waals surface area contributed by atoms with E-state index < -0.39 is 5.41 Å². The molecule has 0 heterocycles. The number of ether oxygens (including phenoxy) is 2. The lowest BCUT2D eigenvalue weighted by molar-refractivity contribution is -0.161. The molecule has 0 aromatic carbocycles. The molecule has 0 saturated carbocycles. The van der Waals surface area contributed by atoms with E-state index in [2.05, 4.69) is 39.5 Å². The predicted molar refractivity (Wildman–Crippen MR) is 228 cm³/mol. The minimum Gasteiger partial charge on any atom is -0.466 e. The maximum absolute atomic E-state index is 13.4. The summed E-state index contributed by atoms with van der Waals surface area (Å²) in [6.45, 7) is 14.9. The summed E-state index contributed by atoms with van der Waals surface area (Å²) in [6.07, 6.45) is 38.5. The van der Waals surface area contributed by atoms with Crippen LogP contribution in [0.1, 0.15) is 247 Å². The fraction of sp³-hybridized carbons (Fsp3) is 0.957. The van der Waals surface area contributed by atoms with Gasteiger partial charge in [0.25, 0.3) is 0 Å².